The number of amides is 1. The van der Waals surface area contributed by atoms with Crippen LogP contribution in [0.2, 0.25) is 0 Å². The second-order valence-corrected chi connectivity index (χ2v) is 6.22. The average molecular weight is 393 g/mol. The third-order valence-electron chi connectivity index (χ3n) is 4.22. The number of pyridine rings is 1. The largest absolute Gasteiger partial charge is 0.465 e. The van der Waals surface area contributed by atoms with Crippen molar-refractivity contribution in [1.82, 2.24) is 10.3 Å². The van der Waals surface area contributed by atoms with Crippen molar-refractivity contribution in [3.63, 3.8) is 0 Å². The van der Waals surface area contributed by atoms with Gasteiger partial charge in [0, 0.05) is 18.4 Å². The van der Waals surface area contributed by atoms with Gasteiger partial charge in [-0.25, -0.2) is 9.18 Å². The summed E-state index contributed by atoms with van der Waals surface area (Å²) in [6, 6.07) is 16.4. The molecule has 1 aromatic heterocycles. The van der Waals surface area contributed by atoms with E-state index in [4.69, 9.17) is 4.74 Å². The lowest BCUT2D eigenvalue weighted by Crippen LogP contribution is -2.26. The number of nitrogens with one attached hydrogen (secondary N) is 2. The van der Waals surface area contributed by atoms with Crippen LogP contribution in [0.3, 0.4) is 0 Å². The molecule has 3 rings (SSSR count). The summed E-state index contributed by atoms with van der Waals surface area (Å²) in [7, 11) is 1.32. The monoisotopic (exact) mass is 393 g/mol. The molecular formula is C22H20FN3O3. The van der Waals surface area contributed by atoms with Gasteiger partial charge in [0.05, 0.1) is 18.4 Å². The highest BCUT2D eigenvalue weighted by Crippen LogP contribution is 2.21. The summed E-state index contributed by atoms with van der Waals surface area (Å²) in [6.45, 7) is 0.398. The second kappa shape index (κ2) is 9.45. The average Bonchev–Trinajstić information content (AvgIpc) is 2.75. The van der Waals surface area contributed by atoms with Crippen molar-refractivity contribution in [1.29, 1.82) is 0 Å². The van der Waals surface area contributed by atoms with E-state index < -0.39 is 5.97 Å². The van der Waals surface area contributed by atoms with Crippen LogP contribution in [0.15, 0.2) is 66.9 Å². The first kappa shape index (κ1) is 20.0. The van der Waals surface area contributed by atoms with Crippen molar-refractivity contribution in [2.45, 2.75) is 6.42 Å². The molecule has 1 heterocycles. The molecule has 1 amide bonds. The number of para-hydroxylation sites is 1. The molecule has 29 heavy (non-hydrogen) atoms. The molecule has 2 N–H and O–H groups in total. The van der Waals surface area contributed by atoms with E-state index >= 15 is 0 Å². The smallest absolute Gasteiger partial charge is 0.339 e. The maximum Gasteiger partial charge on any atom is 0.339 e. The summed E-state index contributed by atoms with van der Waals surface area (Å²) < 4.78 is 17.7. The van der Waals surface area contributed by atoms with Gasteiger partial charge in [-0.3, -0.25) is 9.78 Å². The van der Waals surface area contributed by atoms with Gasteiger partial charge in [0.1, 0.15) is 11.5 Å². The molecule has 7 heteroatoms. The molecule has 0 saturated heterocycles. The number of hydrogen-bond acceptors (Lipinski definition) is 5. The Morgan fingerprint density at radius 3 is 2.59 bits per heavy atom. The lowest BCUT2D eigenvalue weighted by Gasteiger charge is -2.11. The van der Waals surface area contributed by atoms with E-state index in [1.807, 2.05) is 0 Å². The highest BCUT2D eigenvalue weighted by atomic mass is 19.1. The van der Waals surface area contributed by atoms with E-state index in [0.29, 0.717) is 29.9 Å². The molecule has 0 spiro atoms. The summed E-state index contributed by atoms with van der Waals surface area (Å²) in [5, 5.41) is 5.91. The number of anilines is 2. The van der Waals surface area contributed by atoms with Crippen molar-refractivity contribution >= 4 is 23.3 Å². The van der Waals surface area contributed by atoms with Crippen LogP contribution in [0, 0.1) is 5.82 Å². The molecule has 0 aliphatic heterocycles. The molecule has 148 valence electrons. The van der Waals surface area contributed by atoms with E-state index in [0.717, 1.165) is 5.56 Å². The van der Waals surface area contributed by atoms with Crippen LogP contribution in [0.1, 0.15) is 26.4 Å². The van der Waals surface area contributed by atoms with E-state index in [2.05, 4.69) is 15.6 Å². The quantitative estimate of drug-likeness (QED) is 0.598. The van der Waals surface area contributed by atoms with Crippen LogP contribution in [0.25, 0.3) is 0 Å². The van der Waals surface area contributed by atoms with Crippen LogP contribution in [-0.4, -0.2) is 30.5 Å². The minimum absolute atomic E-state index is 0.240. The first-order chi connectivity index (χ1) is 14.1. The van der Waals surface area contributed by atoms with Crippen LogP contribution < -0.4 is 10.6 Å². The fourth-order valence-corrected chi connectivity index (χ4v) is 2.73. The first-order valence-electron chi connectivity index (χ1n) is 9.00. The summed E-state index contributed by atoms with van der Waals surface area (Å²) >= 11 is 0. The van der Waals surface area contributed by atoms with Crippen molar-refractivity contribution in [3.8, 4) is 0 Å². The van der Waals surface area contributed by atoms with Crippen molar-refractivity contribution in [2.75, 3.05) is 19.0 Å². The molecular weight excluding hydrogens is 373 g/mol. The molecule has 0 aliphatic carbocycles. The molecule has 0 bridgehead atoms. The number of benzene rings is 2. The van der Waals surface area contributed by atoms with Crippen LogP contribution in [0.4, 0.5) is 15.8 Å². The predicted molar refractivity (Wildman–Crippen MR) is 108 cm³/mol. The highest BCUT2D eigenvalue weighted by molar-refractivity contribution is 5.97. The van der Waals surface area contributed by atoms with Crippen LogP contribution in [-0.2, 0) is 11.2 Å². The van der Waals surface area contributed by atoms with Crippen LogP contribution in [0.5, 0.6) is 0 Å². The molecule has 6 nitrogen and oxygen atoms in total. The maximum absolute atomic E-state index is 12.9. The Morgan fingerprint density at radius 2 is 1.83 bits per heavy atom. The molecule has 0 atom stereocenters. The number of methoxy groups -OCH3 is 1. The zero-order valence-corrected chi connectivity index (χ0v) is 15.8. The third-order valence-corrected chi connectivity index (χ3v) is 4.22. The molecule has 0 radical (unpaired) electrons. The van der Waals surface area contributed by atoms with Gasteiger partial charge in [0.15, 0.2) is 0 Å². The summed E-state index contributed by atoms with van der Waals surface area (Å²) in [5.41, 5.74) is 2.73. The van der Waals surface area contributed by atoms with Crippen molar-refractivity contribution < 1.29 is 18.7 Å². The summed E-state index contributed by atoms with van der Waals surface area (Å²) in [6.07, 6.45) is 2.09. The Bertz CT molecular complexity index is 1010. The Labute approximate surface area is 167 Å². The number of rotatable bonds is 7. The lowest BCUT2D eigenvalue weighted by molar-refractivity contribution is 0.0601. The first-order valence-corrected chi connectivity index (χ1v) is 9.00. The number of aromatic nitrogens is 1. The molecule has 0 aliphatic rings. The van der Waals surface area contributed by atoms with Gasteiger partial charge >= 0.3 is 5.97 Å². The number of carbonyl (C=O) groups is 2. The van der Waals surface area contributed by atoms with Crippen molar-refractivity contribution in [2.24, 2.45) is 0 Å². The molecule has 0 saturated carbocycles. The highest BCUT2D eigenvalue weighted by Gasteiger charge is 2.12. The Morgan fingerprint density at radius 1 is 1.07 bits per heavy atom. The normalized spacial score (nSPS) is 10.3. The zero-order valence-electron chi connectivity index (χ0n) is 15.8. The minimum Gasteiger partial charge on any atom is -0.465 e. The standard InChI is InChI=1S/C22H20FN3O3/c1-29-22(28)18-4-2-3-5-19(18)26-17-11-13-24-20(14-17)21(27)25-12-10-15-6-8-16(23)9-7-15/h2-9,11,13-14H,10,12H2,1H3,(H,24,26)(H,25,27). The Hall–Kier alpha value is -3.74. The maximum atomic E-state index is 12.9. The number of carbonyl (C=O) groups excluding carboxylic acids is 2. The van der Waals surface area contributed by atoms with E-state index in [9.17, 15) is 14.0 Å². The number of halogens is 1. The number of esters is 1. The number of ether oxygens (including phenoxy) is 1. The fraction of sp³-hybridized carbons (Fsp3) is 0.136. The van der Waals surface area contributed by atoms with Gasteiger partial charge in [-0.1, -0.05) is 24.3 Å². The number of hydrogen-bond donors (Lipinski definition) is 2. The predicted octanol–water partition coefficient (Wildman–Crippen LogP) is 3.72. The fourth-order valence-electron chi connectivity index (χ4n) is 2.73. The van der Waals surface area contributed by atoms with Gasteiger partial charge in [-0.05, 0) is 48.4 Å². The summed E-state index contributed by atoms with van der Waals surface area (Å²) in [4.78, 5) is 28.4. The Balaban J connectivity index is 1.64. The van der Waals surface area contributed by atoms with E-state index in [-0.39, 0.29) is 17.4 Å². The minimum atomic E-state index is -0.457. The molecule has 0 fully saturated rings. The third kappa shape index (κ3) is 5.38. The van der Waals surface area contributed by atoms with Gasteiger partial charge in [-0.15, -0.1) is 0 Å². The molecule has 2 aromatic carbocycles. The molecule has 3 aromatic rings. The lowest BCUT2D eigenvalue weighted by atomic mass is 10.1. The van der Waals surface area contributed by atoms with Crippen LogP contribution >= 0.6 is 0 Å². The van der Waals surface area contributed by atoms with E-state index in [1.54, 1.807) is 48.5 Å². The Kier molecular flexibility index (Phi) is 6.52. The van der Waals surface area contributed by atoms with Gasteiger partial charge < -0.3 is 15.4 Å². The van der Waals surface area contributed by atoms with Crippen molar-refractivity contribution in [3.05, 3.63) is 89.5 Å². The SMILES string of the molecule is COC(=O)c1ccccc1Nc1ccnc(C(=O)NCCc2ccc(F)cc2)c1. The van der Waals surface area contributed by atoms with E-state index in [1.165, 1.54) is 25.4 Å². The van der Waals surface area contributed by atoms with Gasteiger partial charge in [-0.2, -0.15) is 0 Å². The topological polar surface area (TPSA) is 80.3 Å². The zero-order chi connectivity index (χ0) is 20.6. The second-order valence-electron chi connectivity index (χ2n) is 6.22. The number of nitrogens with zero attached hydrogens (tertiary/aromatic N) is 1. The van der Waals surface area contributed by atoms with Gasteiger partial charge in [0.2, 0.25) is 0 Å². The van der Waals surface area contributed by atoms with Gasteiger partial charge in [0.25, 0.3) is 5.91 Å². The summed E-state index contributed by atoms with van der Waals surface area (Å²) in [5.74, 6) is -1.07. The molecule has 0 unspecified atom stereocenters.